The van der Waals surface area contributed by atoms with Crippen molar-refractivity contribution in [1.29, 1.82) is 0 Å². The van der Waals surface area contributed by atoms with Gasteiger partial charge in [-0.1, -0.05) is 47.5 Å². The second-order valence-electron chi connectivity index (χ2n) is 4.16. The fourth-order valence-electron chi connectivity index (χ4n) is 1.83. The zero-order valence-electron chi connectivity index (χ0n) is 9.51. The molecule has 0 amide bonds. The number of carbonyl (C=O) groups is 1. The molecule has 0 bridgehead atoms. The molecule has 0 saturated heterocycles. The standard InChI is InChI=1S/C12H13Cl3O2/c1-6(5-8(3)13)4-7(2)9-10(11(16)17)12(9,14)15/h4-5,9-10H,2H2,1,3H3,(H,16,17)/b6-4-,8-5+. The van der Waals surface area contributed by atoms with Gasteiger partial charge in [0.15, 0.2) is 0 Å². The molecule has 2 unspecified atom stereocenters. The molecule has 0 aromatic heterocycles. The zero-order chi connectivity index (χ0) is 13.4. The van der Waals surface area contributed by atoms with E-state index in [9.17, 15) is 4.79 Å². The molecular formula is C12H13Cl3O2. The second-order valence-corrected chi connectivity index (χ2v) is 6.20. The largest absolute Gasteiger partial charge is 0.481 e. The number of alkyl halides is 2. The van der Waals surface area contributed by atoms with Gasteiger partial charge < -0.3 is 5.11 Å². The van der Waals surface area contributed by atoms with Gasteiger partial charge in [-0.3, -0.25) is 4.79 Å². The number of allylic oxidation sites excluding steroid dienone is 5. The Morgan fingerprint density at radius 1 is 1.29 bits per heavy atom. The van der Waals surface area contributed by atoms with Gasteiger partial charge in [0.1, 0.15) is 4.33 Å². The maximum absolute atomic E-state index is 10.9. The topological polar surface area (TPSA) is 37.3 Å². The summed E-state index contributed by atoms with van der Waals surface area (Å²) >= 11 is 17.5. The van der Waals surface area contributed by atoms with Gasteiger partial charge in [-0.2, -0.15) is 0 Å². The van der Waals surface area contributed by atoms with Gasteiger partial charge in [0.25, 0.3) is 0 Å². The van der Waals surface area contributed by atoms with Crippen LogP contribution in [0, 0.1) is 11.8 Å². The van der Waals surface area contributed by atoms with Gasteiger partial charge in [-0.25, -0.2) is 0 Å². The lowest BCUT2D eigenvalue weighted by atomic mass is 10.1. The third kappa shape index (κ3) is 3.27. The Bertz CT molecular complexity index is 417. The van der Waals surface area contributed by atoms with Gasteiger partial charge in [0.2, 0.25) is 0 Å². The number of hydrogen-bond donors (Lipinski definition) is 1. The van der Waals surface area contributed by atoms with E-state index < -0.39 is 22.1 Å². The van der Waals surface area contributed by atoms with Crippen molar-refractivity contribution >= 4 is 40.8 Å². The smallest absolute Gasteiger partial charge is 0.310 e. The van der Waals surface area contributed by atoms with Crippen molar-refractivity contribution in [3.63, 3.8) is 0 Å². The number of halogens is 3. The molecule has 0 aliphatic heterocycles. The first-order valence-corrected chi connectivity index (χ1v) is 6.12. The van der Waals surface area contributed by atoms with E-state index in [0.717, 1.165) is 5.57 Å². The van der Waals surface area contributed by atoms with Crippen LogP contribution in [0.25, 0.3) is 0 Å². The number of aliphatic carboxylic acids is 1. The molecule has 1 saturated carbocycles. The first kappa shape index (κ1) is 14.6. The van der Waals surface area contributed by atoms with Crippen LogP contribution in [0.2, 0.25) is 0 Å². The van der Waals surface area contributed by atoms with Crippen molar-refractivity contribution in [2.45, 2.75) is 18.2 Å². The van der Waals surface area contributed by atoms with Crippen LogP contribution in [0.15, 0.2) is 34.9 Å². The monoisotopic (exact) mass is 294 g/mol. The van der Waals surface area contributed by atoms with Gasteiger partial charge in [0.05, 0.1) is 5.92 Å². The van der Waals surface area contributed by atoms with Crippen LogP contribution in [0.4, 0.5) is 0 Å². The average Bonchev–Trinajstić information content (AvgIpc) is 2.66. The highest BCUT2D eigenvalue weighted by molar-refractivity contribution is 6.53. The third-order valence-corrected chi connectivity index (χ3v) is 3.61. The lowest BCUT2D eigenvalue weighted by Gasteiger charge is -2.00. The highest BCUT2D eigenvalue weighted by atomic mass is 35.5. The molecule has 0 heterocycles. The molecule has 1 N–H and O–H groups in total. The van der Waals surface area contributed by atoms with E-state index in [2.05, 4.69) is 6.58 Å². The highest BCUT2D eigenvalue weighted by Gasteiger charge is 2.68. The van der Waals surface area contributed by atoms with Crippen molar-refractivity contribution in [2.24, 2.45) is 11.8 Å². The van der Waals surface area contributed by atoms with E-state index in [1.165, 1.54) is 0 Å². The van der Waals surface area contributed by atoms with E-state index >= 15 is 0 Å². The molecule has 5 heteroatoms. The summed E-state index contributed by atoms with van der Waals surface area (Å²) in [6, 6.07) is 0. The van der Waals surface area contributed by atoms with E-state index in [-0.39, 0.29) is 0 Å². The van der Waals surface area contributed by atoms with E-state index in [1.807, 2.05) is 6.92 Å². The fourth-order valence-corrected chi connectivity index (χ4v) is 2.85. The number of rotatable bonds is 4. The van der Waals surface area contributed by atoms with E-state index in [0.29, 0.717) is 10.6 Å². The Labute approximate surface area is 116 Å². The molecular weight excluding hydrogens is 282 g/mol. The molecule has 0 aromatic rings. The maximum atomic E-state index is 10.9. The molecule has 0 radical (unpaired) electrons. The van der Waals surface area contributed by atoms with Crippen LogP contribution in [0.5, 0.6) is 0 Å². The lowest BCUT2D eigenvalue weighted by Crippen LogP contribution is -2.03. The Balaban J connectivity index is 2.81. The molecule has 0 aromatic carbocycles. The molecule has 2 atom stereocenters. The van der Waals surface area contributed by atoms with Crippen molar-refractivity contribution in [3.05, 3.63) is 34.9 Å². The molecule has 1 aliphatic rings. The number of carboxylic acid groups (broad SMARTS) is 1. The SMILES string of the molecule is C=C(/C=C(C)\C=C(/C)Cl)C1C(C(=O)O)C1(Cl)Cl. The summed E-state index contributed by atoms with van der Waals surface area (Å²) in [6.45, 7) is 7.41. The Morgan fingerprint density at radius 3 is 2.18 bits per heavy atom. The summed E-state index contributed by atoms with van der Waals surface area (Å²) in [5.74, 6) is -2.23. The molecule has 1 rings (SSSR count). The van der Waals surface area contributed by atoms with Crippen LogP contribution in [-0.2, 0) is 4.79 Å². The van der Waals surface area contributed by atoms with Crippen LogP contribution < -0.4 is 0 Å². The third-order valence-electron chi connectivity index (χ3n) is 2.56. The summed E-state index contributed by atoms with van der Waals surface area (Å²) in [4.78, 5) is 10.9. The minimum Gasteiger partial charge on any atom is -0.481 e. The van der Waals surface area contributed by atoms with E-state index in [4.69, 9.17) is 39.9 Å². The number of hydrogen-bond acceptors (Lipinski definition) is 1. The van der Waals surface area contributed by atoms with Crippen molar-refractivity contribution in [1.82, 2.24) is 0 Å². The van der Waals surface area contributed by atoms with Crippen LogP contribution in [-0.4, -0.2) is 15.4 Å². The first-order valence-electron chi connectivity index (χ1n) is 4.99. The van der Waals surface area contributed by atoms with Gasteiger partial charge in [-0.15, -0.1) is 0 Å². The van der Waals surface area contributed by atoms with Crippen LogP contribution in [0.1, 0.15) is 13.8 Å². The normalized spacial score (nSPS) is 27.8. The molecule has 2 nitrogen and oxygen atoms in total. The Hall–Kier alpha value is -0.440. The summed E-state index contributed by atoms with van der Waals surface area (Å²) in [6.07, 6.45) is 3.51. The first-order chi connectivity index (χ1) is 7.67. The molecule has 94 valence electrons. The molecule has 1 fully saturated rings. The van der Waals surface area contributed by atoms with Gasteiger partial charge in [0, 0.05) is 11.0 Å². The number of carboxylic acids is 1. The Morgan fingerprint density at radius 2 is 1.82 bits per heavy atom. The van der Waals surface area contributed by atoms with E-state index in [1.54, 1.807) is 19.1 Å². The fraction of sp³-hybridized carbons (Fsp3) is 0.417. The quantitative estimate of drug-likeness (QED) is 0.625. The summed E-state index contributed by atoms with van der Waals surface area (Å²) in [5, 5.41) is 9.56. The minimum absolute atomic E-state index is 0.442. The highest BCUT2D eigenvalue weighted by Crippen LogP contribution is 2.62. The molecule has 1 aliphatic carbocycles. The summed E-state index contributed by atoms with van der Waals surface area (Å²) < 4.78 is -1.25. The summed E-state index contributed by atoms with van der Waals surface area (Å²) in [7, 11) is 0. The molecule has 17 heavy (non-hydrogen) atoms. The minimum atomic E-state index is -1.25. The predicted octanol–water partition coefficient (Wildman–Crippen LogP) is 4.14. The predicted molar refractivity (Wildman–Crippen MR) is 71.6 cm³/mol. The Kier molecular flexibility index (Phi) is 4.34. The van der Waals surface area contributed by atoms with Crippen LogP contribution >= 0.6 is 34.8 Å². The maximum Gasteiger partial charge on any atom is 0.310 e. The van der Waals surface area contributed by atoms with Crippen molar-refractivity contribution in [2.75, 3.05) is 0 Å². The van der Waals surface area contributed by atoms with Crippen molar-refractivity contribution < 1.29 is 9.90 Å². The van der Waals surface area contributed by atoms with Crippen molar-refractivity contribution in [3.8, 4) is 0 Å². The summed E-state index contributed by atoms with van der Waals surface area (Å²) in [5.41, 5.74) is 1.48. The zero-order valence-corrected chi connectivity index (χ0v) is 11.8. The average molecular weight is 296 g/mol. The second kappa shape index (κ2) is 5.05. The lowest BCUT2D eigenvalue weighted by molar-refractivity contribution is -0.138. The van der Waals surface area contributed by atoms with Gasteiger partial charge >= 0.3 is 5.97 Å². The van der Waals surface area contributed by atoms with Gasteiger partial charge in [-0.05, 0) is 31.1 Å². The molecule has 0 spiro atoms. The van der Waals surface area contributed by atoms with Crippen LogP contribution in [0.3, 0.4) is 0 Å².